The Morgan fingerprint density at radius 3 is 2.67 bits per heavy atom. The van der Waals surface area contributed by atoms with Gasteiger partial charge in [0.2, 0.25) is 5.91 Å². The number of nitrogens with zero attached hydrogens (tertiary/aromatic N) is 2. The maximum atomic E-state index is 11.9. The van der Waals surface area contributed by atoms with Crippen LogP contribution in [0.25, 0.3) is 0 Å². The molecule has 1 aliphatic heterocycles. The molecule has 0 spiro atoms. The van der Waals surface area contributed by atoms with Crippen LogP contribution in [0.4, 0.5) is 5.69 Å². The Labute approximate surface area is 110 Å². The predicted octanol–water partition coefficient (Wildman–Crippen LogP) is 1.50. The number of anilines is 1. The van der Waals surface area contributed by atoms with E-state index in [-0.39, 0.29) is 5.91 Å². The molecule has 1 N–H and O–H groups in total. The van der Waals surface area contributed by atoms with Crippen LogP contribution >= 0.6 is 11.3 Å². The van der Waals surface area contributed by atoms with Crippen molar-refractivity contribution in [2.24, 2.45) is 0 Å². The molecule has 0 atom stereocenters. The van der Waals surface area contributed by atoms with Crippen LogP contribution in [0.1, 0.15) is 22.5 Å². The molecule has 0 radical (unpaired) electrons. The monoisotopic (exact) mass is 268 g/mol. The number of likely N-dealkylation sites (tertiary alicyclic amines) is 1. The zero-order valence-electron chi connectivity index (χ0n) is 10.3. The Bertz CT molecular complexity index is 452. The second-order valence-electron chi connectivity index (χ2n) is 4.42. The van der Waals surface area contributed by atoms with E-state index >= 15 is 0 Å². The quantitative estimate of drug-likeness (QED) is 0.899. The molecule has 0 aromatic carbocycles. The fraction of sp³-hybridized carbons (Fsp3) is 0.500. The van der Waals surface area contributed by atoms with E-state index < -0.39 is 5.97 Å². The van der Waals surface area contributed by atoms with Crippen molar-refractivity contribution in [3.63, 3.8) is 0 Å². The third-order valence-electron chi connectivity index (χ3n) is 3.07. The Kier molecular flexibility index (Phi) is 3.86. The largest absolute Gasteiger partial charge is 0.477 e. The van der Waals surface area contributed by atoms with E-state index in [0.717, 1.165) is 31.6 Å². The van der Waals surface area contributed by atoms with Gasteiger partial charge in [-0.05, 0) is 18.9 Å². The summed E-state index contributed by atoms with van der Waals surface area (Å²) in [6.07, 6.45) is 2.16. The molecule has 1 amide bonds. The molecule has 1 fully saturated rings. The molecule has 0 bridgehead atoms. The maximum absolute atomic E-state index is 11.9. The number of amides is 1. The van der Waals surface area contributed by atoms with Crippen LogP contribution in [0.5, 0.6) is 0 Å². The number of rotatable bonds is 4. The number of carboxylic acids is 1. The summed E-state index contributed by atoms with van der Waals surface area (Å²) < 4.78 is 0. The number of hydrogen-bond acceptors (Lipinski definition) is 4. The Morgan fingerprint density at radius 1 is 1.44 bits per heavy atom. The topological polar surface area (TPSA) is 60.9 Å². The number of likely N-dealkylation sites (N-methyl/N-ethyl adjacent to an activating group) is 1. The second-order valence-corrected chi connectivity index (χ2v) is 5.33. The maximum Gasteiger partial charge on any atom is 0.345 e. The third kappa shape index (κ3) is 2.81. The molecule has 5 nitrogen and oxygen atoms in total. The van der Waals surface area contributed by atoms with E-state index in [1.165, 1.54) is 11.3 Å². The fourth-order valence-corrected chi connectivity index (χ4v) is 2.78. The highest BCUT2D eigenvalue weighted by Crippen LogP contribution is 2.22. The SMILES string of the molecule is CN(CC(=O)N1CCCC1)c1csc(C(=O)O)c1. The molecular formula is C12H16N2O3S. The number of carboxylic acid groups (broad SMARTS) is 1. The lowest BCUT2D eigenvalue weighted by molar-refractivity contribution is -0.128. The van der Waals surface area contributed by atoms with Crippen molar-refractivity contribution in [3.8, 4) is 0 Å². The molecule has 1 aliphatic rings. The average Bonchev–Trinajstić information content (AvgIpc) is 3.00. The van der Waals surface area contributed by atoms with Crippen molar-refractivity contribution in [2.75, 3.05) is 31.6 Å². The van der Waals surface area contributed by atoms with Gasteiger partial charge in [0.15, 0.2) is 0 Å². The van der Waals surface area contributed by atoms with Crippen molar-refractivity contribution in [2.45, 2.75) is 12.8 Å². The van der Waals surface area contributed by atoms with Gasteiger partial charge in [0.1, 0.15) is 4.88 Å². The van der Waals surface area contributed by atoms with Crippen LogP contribution < -0.4 is 4.90 Å². The summed E-state index contributed by atoms with van der Waals surface area (Å²) in [5, 5.41) is 10.6. The summed E-state index contributed by atoms with van der Waals surface area (Å²) in [7, 11) is 1.81. The molecule has 0 saturated carbocycles. The summed E-state index contributed by atoms with van der Waals surface area (Å²) in [5.74, 6) is -0.816. The normalized spacial score (nSPS) is 14.8. The standard InChI is InChI=1S/C12H16N2O3S/c1-13(7-11(15)14-4-2-3-5-14)9-6-10(12(16)17)18-8-9/h6,8H,2-5,7H2,1H3,(H,16,17). The van der Waals surface area contributed by atoms with E-state index in [2.05, 4.69) is 0 Å². The van der Waals surface area contributed by atoms with E-state index in [1.54, 1.807) is 16.3 Å². The first-order valence-corrected chi connectivity index (χ1v) is 6.76. The van der Waals surface area contributed by atoms with Crippen molar-refractivity contribution < 1.29 is 14.7 Å². The minimum Gasteiger partial charge on any atom is -0.477 e. The Morgan fingerprint density at radius 2 is 2.11 bits per heavy atom. The van der Waals surface area contributed by atoms with Gasteiger partial charge in [0, 0.05) is 31.2 Å². The highest BCUT2D eigenvalue weighted by Gasteiger charge is 2.20. The lowest BCUT2D eigenvalue weighted by Crippen LogP contribution is -2.37. The molecule has 0 aliphatic carbocycles. The molecule has 1 aromatic rings. The number of aromatic carboxylic acids is 1. The molecular weight excluding hydrogens is 252 g/mol. The van der Waals surface area contributed by atoms with Gasteiger partial charge in [-0.3, -0.25) is 4.79 Å². The van der Waals surface area contributed by atoms with Crippen LogP contribution in [0.15, 0.2) is 11.4 Å². The van der Waals surface area contributed by atoms with Crippen molar-refractivity contribution in [1.29, 1.82) is 0 Å². The predicted molar refractivity (Wildman–Crippen MR) is 70.4 cm³/mol. The van der Waals surface area contributed by atoms with Crippen LogP contribution in [0.3, 0.4) is 0 Å². The van der Waals surface area contributed by atoms with Gasteiger partial charge in [-0.1, -0.05) is 0 Å². The van der Waals surface area contributed by atoms with E-state index in [4.69, 9.17) is 5.11 Å². The van der Waals surface area contributed by atoms with E-state index in [9.17, 15) is 9.59 Å². The van der Waals surface area contributed by atoms with Crippen LogP contribution in [0.2, 0.25) is 0 Å². The zero-order chi connectivity index (χ0) is 13.1. The molecule has 18 heavy (non-hydrogen) atoms. The van der Waals surface area contributed by atoms with Gasteiger partial charge in [-0.15, -0.1) is 11.3 Å². The molecule has 1 aromatic heterocycles. The Balaban J connectivity index is 1.95. The zero-order valence-corrected chi connectivity index (χ0v) is 11.1. The van der Waals surface area contributed by atoms with Gasteiger partial charge < -0.3 is 14.9 Å². The molecule has 1 saturated heterocycles. The van der Waals surface area contributed by atoms with Crippen molar-refractivity contribution in [1.82, 2.24) is 4.90 Å². The lowest BCUT2D eigenvalue weighted by atomic mass is 10.3. The molecule has 2 rings (SSSR count). The van der Waals surface area contributed by atoms with Gasteiger partial charge >= 0.3 is 5.97 Å². The number of thiophene rings is 1. The molecule has 2 heterocycles. The summed E-state index contributed by atoms with van der Waals surface area (Å²) in [6, 6.07) is 1.60. The number of hydrogen-bond donors (Lipinski definition) is 1. The minimum absolute atomic E-state index is 0.109. The van der Waals surface area contributed by atoms with Gasteiger partial charge in [-0.2, -0.15) is 0 Å². The van der Waals surface area contributed by atoms with E-state index in [1.807, 2.05) is 11.9 Å². The van der Waals surface area contributed by atoms with Crippen molar-refractivity contribution in [3.05, 3.63) is 16.3 Å². The van der Waals surface area contributed by atoms with Gasteiger partial charge in [-0.25, -0.2) is 4.79 Å². The highest BCUT2D eigenvalue weighted by molar-refractivity contribution is 7.12. The summed E-state index contributed by atoms with van der Waals surface area (Å²) in [5.41, 5.74) is 0.782. The van der Waals surface area contributed by atoms with Crippen LogP contribution in [0, 0.1) is 0 Å². The number of carbonyl (C=O) groups is 2. The molecule has 98 valence electrons. The average molecular weight is 268 g/mol. The lowest BCUT2D eigenvalue weighted by Gasteiger charge is -2.21. The summed E-state index contributed by atoms with van der Waals surface area (Å²) in [4.78, 5) is 26.7. The van der Waals surface area contributed by atoms with Crippen molar-refractivity contribution >= 4 is 28.9 Å². The first-order chi connectivity index (χ1) is 8.58. The fourth-order valence-electron chi connectivity index (χ4n) is 2.00. The first kappa shape index (κ1) is 12.9. The third-order valence-corrected chi connectivity index (χ3v) is 3.97. The van der Waals surface area contributed by atoms with E-state index in [0.29, 0.717) is 11.4 Å². The second kappa shape index (κ2) is 5.39. The summed E-state index contributed by atoms with van der Waals surface area (Å²) >= 11 is 1.18. The smallest absolute Gasteiger partial charge is 0.345 e. The minimum atomic E-state index is -0.925. The molecule has 6 heteroatoms. The summed E-state index contributed by atoms with van der Waals surface area (Å²) in [6.45, 7) is 1.99. The number of carbonyl (C=O) groups excluding carboxylic acids is 1. The Hall–Kier alpha value is -1.56. The highest BCUT2D eigenvalue weighted by atomic mass is 32.1. The molecule has 0 unspecified atom stereocenters. The van der Waals surface area contributed by atoms with Gasteiger partial charge in [0.25, 0.3) is 0 Å². The van der Waals surface area contributed by atoms with Crippen LogP contribution in [-0.2, 0) is 4.79 Å². The van der Waals surface area contributed by atoms with Crippen LogP contribution in [-0.4, -0.2) is 48.6 Å². The van der Waals surface area contributed by atoms with Gasteiger partial charge in [0.05, 0.1) is 6.54 Å². The first-order valence-electron chi connectivity index (χ1n) is 5.88.